The average Bonchev–Trinajstić information content (AvgIpc) is 3.01. The third-order valence-electron chi connectivity index (χ3n) is 10.6. The number of aliphatic hydroxyl groups excluding tert-OH is 6. The molecule has 0 radical (unpaired) electrons. The zero-order valence-electron chi connectivity index (χ0n) is 24.0. The van der Waals surface area contributed by atoms with Crippen LogP contribution in [-0.4, -0.2) is 78.5 Å². The van der Waals surface area contributed by atoms with E-state index in [1.165, 1.54) is 0 Å². The Labute approximate surface area is 208 Å². The first-order valence-corrected chi connectivity index (χ1v) is 13.2. The number of aliphatic hydroxyl groups is 7. The third kappa shape index (κ3) is 3.72. The molecule has 0 heterocycles. The molecule has 0 aliphatic heterocycles. The Bertz CT molecular complexity index is 849. The fourth-order valence-corrected chi connectivity index (χ4v) is 8.97. The molecule has 0 bridgehead atoms. The Morgan fingerprint density at radius 3 is 2.26 bits per heavy atom. The molecule has 0 amide bonds. The minimum Gasteiger partial charge on any atom is -0.396 e. The van der Waals surface area contributed by atoms with Crippen LogP contribution >= 0.6 is 0 Å². The van der Waals surface area contributed by atoms with Gasteiger partial charge >= 0.3 is 0 Å². The van der Waals surface area contributed by atoms with Crippen molar-refractivity contribution in [1.82, 2.24) is 0 Å². The predicted octanol–water partition coefficient (Wildman–Crippen LogP) is 1.44. The van der Waals surface area contributed by atoms with Gasteiger partial charge in [-0.15, -0.1) is 0 Å². The third-order valence-corrected chi connectivity index (χ3v) is 10.6. The maximum atomic E-state index is 12.4. The van der Waals surface area contributed by atoms with E-state index in [1.807, 2.05) is 20.8 Å². The number of fused-ring (bicyclic) bond motifs is 5. The summed E-state index contributed by atoms with van der Waals surface area (Å²) in [6, 6.07) is 0. The van der Waals surface area contributed by atoms with Gasteiger partial charge in [0.1, 0.15) is 11.7 Å². The van der Waals surface area contributed by atoms with Crippen LogP contribution in [0.15, 0.2) is 0 Å². The summed E-state index contributed by atoms with van der Waals surface area (Å²) in [4.78, 5) is 0. The summed E-state index contributed by atoms with van der Waals surface area (Å²) in [5.41, 5.74) is -3.86. The van der Waals surface area contributed by atoms with Crippen molar-refractivity contribution in [3.63, 3.8) is 0 Å². The van der Waals surface area contributed by atoms with Crippen LogP contribution in [0.4, 0.5) is 0 Å². The van der Waals surface area contributed by atoms with E-state index < -0.39 is 77.5 Å². The SMILES string of the molecule is [2H]C1[C@@H](O)C([2H])([2H])C[C@@]2(C)[C@H]1[C@@H](O)[C@@H](O)[C@]1(O)[C@@H]2CC[C@]2(C)[C@@H]([C@H](C)CCC[C@H](C)CO)[C@@H](O)[C@H](O)[C@H]21. The van der Waals surface area contributed by atoms with Gasteiger partial charge in [0, 0.05) is 16.6 Å². The molecule has 4 fully saturated rings. The Morgan fingerprint density at radius 1 is 0.941 bits per heavy atom. The topological polar surface area (TPSA) is 142 Å². The lowest BCUT2D eigenvalue weighted by Gasteiger charge is -2.67. The lowest BCUT2D eigenvalue weighted by Crippen LogP contribution is -2.75. The molecule has 0 saturated heterocycles. The Kier molecular flexibility index (Phi) is 6.21. The van der Waals surface area contributed by atoms with Crippen LogP contribution in [0, 0.1) is 46.3 Å². The highest BCUT2D eigenvalue weighted by molar-refractivity contribution is 5.24. The van der Waals surface area contributed by atoms with E-state index in [0.717, 1.165) is 19.3 Å². The highest BCUT2D eigenvalue weighted by atomic mass is 16.4. The second-order valence-electron chi connectivity index (χ2n) is 12.7. The molecule has 7 nitrogen and oxygen atoms in total. The molecular formula is C27H48O7. The van der Waals surface area contributed by atoms with E-state index in [1.54, 1.807) is 6.92 Å². The quantitative estimate of drug-likeness (QED) is 0.301. The zero-order chi connectivity index (χ0) is 27.9. The number of rotatable bonds is 6. The summed E-state index contributed by atoms with van der Waals surface area (Å²) in [7, 11) is 0. The summed E-state index contributed by atoms with van der Waals surface area (Å²) >= 11 is 0. The minimum absolute atomic E-state index is 0.00346. The Hall–Kier alpha value is -0.280. The van der Waals surface area contributed by atoms with E-state index in [0.29, 0.717) is 12.8 Å². The van der Waals surface area contributed by atoms with Crippen molar-refractivity contribution in [2.75, 3.05) is 6.61 Å². The van der Waals surface area contributed by atoms with Gasteiger partial charge in [-0.2, -0.15) is 0 Å². The van der Waals surface area contributed by atoms with Gasteiger partial charge in [0.05, 0.1) is 24.4 Å². The van der Waals surface area contributed by atoms with Crippen molar-refractivity contribution in [3.05, 3.63) is 0 Å². The first kappa shape index (κ1) is 22.9. The standard InChI is InChI=1S/C27H48O7/c1-14(13-28)6-5-7-15(2)19-21(31)22(32)23-26(19,4)11-9-18-25(3)10-8-16(29)12-17(25)20(30)24(33)27(18,23)34/h14-24,28-34H,5-13H2,1-4H3/t14-,15+,16-,17+,18+,19-,20+,21+,22-,23+,24+,25-,26+,27-/m0/s1/i8D2,12D/t12?,14-,15+,16-,17+,18+,19-,20+,21+,22-,23+,24+,25-,26+,27-. The van der Waals surface area contributed by atoms with Gasteiger partial charge in [-0.25, -0.2) is 0 Å². The first-order chi connectivity index (χ1) is 17.0. The minimum atomic E-state index is -2.11. The molecule has 4 aliphatic rings. The van der Waals surface area contributed by atoms with E-state index in [-0.39, 0.29) is 30.8 Å². The van der Waals surface area contributed by atoms with E-state index in [2.05, 4.69) is 0 Å². The van der Waals surface area contributed by atoms with E-state index in [4.69, 9.17) is 4.11 Å². The average molecular weight is 488 g/mol. The van der Waals surface area contributed by atoms with Crippen molar-refractivity contribution in [3.8, 4) is 0 Å². The van der Waals surface area contributed by atoms with Crippen molar-refractivity contribution in [2.24, 2.45) is 46.3 Å². The van der Waals surface area contributed by atoms with Crippen LogP contribution in [-0.2, 0) is 0 Å². The monoisotopic (exact) mass is 487 g/mol. The molecule has 0 aromatic heterocycles. The van der Waals surface area contributed by atoms with Gasteiger partial charge in [0.25, 0.3) is 0 Å². The van der Waals surface area contributed by atoms with Crippen molar-refractivity contribution < 1.29 is 39.9 Å². The van der Waals surface area contributed by atoms with Crippen LogP contribution in [0.1, 0.15) is 83.1 Å². The molecule has 34 heavy (non-hydrogen) atoms. The lowest BCUT2D eigenvalue weighted by atomic mass is 9.41. The van der Waals surface area contributed by atoms with Crippen LogP contribution in [0.2, 0.25) is 0 Å². The Morgan fingerprint density at radius 2 is 1.62 bits per heavy atom. The molecule has 7 N–H and O–H groups in total. The molecule has 1 unspecified atom stereocenters. The molecule has 198 valence electrons. The molecule has 0 aromatic carbocycles. The summed E-state index contributed by atoms with van der Waals surface area (Å²) in [6.07, 6.45) is -7.76. The largest absolute Gasteiger partial charge is 0.396 e. The van der Waals surface area contributed by atoms with Gasteiger partial charge in [-0.1, -0.05) is 40.5 Å². The van der Waals surface area contributed by atoms with Crippen molar-refractivity contribution >= 4 is 0 Å². The van der Waals surface area contributed by atoms with Crippen LogP contribution in [0.5, 0.6) is 0 Å². The van der Waals surface area contributed by atoms with Gasteiger partial charge in [0.2, 0.25) is 0 Å². The molecule has 0 aromatic rings. The second kappa shape index (κ2) is 9.23. The molecule has 4 saturated carbocycles. The molecule has 7 heteroatoms. The summed E-state index contributed by atoms with van der Waals surface area (Å²) in [5, 5.41) is 77.8. The van der Waals surface area contributed by atoms with Gasteiger partial charge < -0.3 is 35.7 Å². The predicted molar refractivity (Wildman–Crippen MR) is 128 cm³/mol. The van der Waals surface area contributed by atoms with Gasteiger partial charge in [0.15, 0.2) is 0 Å². The molecule has 4 rings (SSSR count). The normalized spacial score (nSPS) is 59.6. The molecular weight excluding hydrogens is 436 g/mol. The summed E-state index contributed by atoms with van der Waals surface area (Å²) in [5.74, 6) is -2.84. The van der Waals surface area contributed by atoms with Crippen LogP contribution in [0.25, 0.3) is 0 Å². The highest BCUT2D eigenvalue weighted by Gasteiger charge is 2.75. The smallest absolute Gasteiger partial charge is 0.109 e. The Balaban J connectivity index is 1.71. The maximum Gasteiger partial charge on any atom is 0.109 e. The second-order valence-corrected chi connectivity index (χ2v) is 12.7. The molecule has 4 aliphatic carbocycles. The lowest BCUT2D eigenvalue weighted by molar-refractivity contribution is -0.309. The van der Waals surface area contributed by atoms with Crippen LogP contribution < -0.4 is 0 Å². The first-order valence-electron chi connectivity index (χ1n) is 14.7. The fourth-order valence-electron chi connectivity index (χ4n) is 8.97. The molecule has 0 spiro atoms. The van der Waals surface area contributed by atoms with Crippen molar-refractivity contribution in [2.45, 2.75) is 115 Å². The van der Waals surface area contributed by atoms with Gasteiger partial charge in [-0.05, 0) is 78.9 Å². The zero-order valence-corrected chi connectivity index (χ0v) is 21.0. The van der Waals surface area contributed by atoms with Crippen LogP contribution in [0.3, 0.4) is 0 Å². The highest BCUT2D eigenvalue weighted by Crippen LogP contribution is 2.69. The summed E-state index contributed by atoms with van der Waals surface area (Å²) < 4.78 is 25.4. The maximum absolute atomic E-state index is 12.4. The van der Waals surface area contributed by atoms with E-state index >= 15 is 0 Å². The van der Waals surface area contributed by atoms with E-state index in [9.17, 15) is 35.7 Å². The van der Waals surface area contributed by atoms with Crippen molar-refractivity contribution in [1.29, 1.82) is 0 Å². The summed E-state index contributed by atoms with van der Waals surface area (Å²) in [6.45, 7) is 7.79. The van der Waals surface area contributed by atoms with Gasteiger partial charge in [-0.3, -0.25) is 0 Å². The number of hydrogen-bond acceptors (Lipinski definition) is 7. The molecule has 15 atom stereocenters. The number of hydrogen-bond donors (Lipinski definition) is 7. The fraction of sp³-hybridized carbons (Fsp3) is 1.00.